The minimum Gasteiger partial charge on any atom is -0.299 e. The van der Waals surface area contributed by atoms with Gasteiger partial charge in [-0.05, 0) is 17.5 Å². The molecule has 0 bridgehead atoms. The Morgan fingerprint density at radius 1 is 1.18 bits per heavy atom. The molecule has 1 aliphatic rings. The minimum absolute atomic E-state index is 0.0497. The Labute approximate surface area is 67.5 Å². The summed E-state index contributed by atoms with van der Waals surface area (Å²) in [7, 11) is 0. The van der Waals surface area contributed by atoms with Crippen LogP contribution in [0.1, 0.15) is 18.9 Å². The zero-order valence-corrected chi connectivity index (χ0v) is 6.21. The van der Waals surface area contributed by atoms with Crippen LogP contribution in [0.3, 0.4) is 0 Å². The summed E-state index contributed by atoms with van der Waals surface area (Å²) in [4.78, 5) is 11.2. The lowest BCUT2D eigenvalue weighted by atomic mass is 9.91. The van der Waals surface area contributed by atoms with Crippen LogP contribution in [0.15, 0.2) is 24.3 Å². The van der Waals surface area contributed by atoms with Gasteiger partial charge >= 0.3 is 0 Å². The van der Waals surface area contributed by atoms with Crippen LogP contribution in [0.4, 0.5) is 0 Å². The Bertz CT molecular complexity index is 319. The van der Waals surface area contributed by atoms with Gasteiger partial charge < -0.3 is 0 Å². The third kappa shape index (κ3) is 1.18. The quantitative estimate of drug-likeness (QED) is 0.546. The predicted octanol–water partition coefficient (Wildman–Crippen LogP) is 1.74. The molecule has 11 heavy (non-hydrogen) atoms. The van der Waals surface area contributed by atoms with E-state index in [9.17, 15) is 4.79 Å². The zero-order chi connectivity index (χ0) is 8.55. The molecule has 1 atom stereocenters. The Hall–Kier alpha value is -1.11. The second kappa shape index (κ2) is 2.50. The minimum atomic E-state index is -0.630. The molecule has 0 radical (unpaired) electrons. The van der Waals surface area contributed by atoms with Crippen LogP contribution < -0.4 is 0 Å². The van der Waals surface area contributed by atoms with Crippen molar-refractivity contribution in [2.24, 2.45) is 0 Å². The number of Topliss-reactive ketones (excluding diaryl/α,β-unsaturated/α-hetero) is 1. The summed E-state index contributed by atoms with van der Waals surface area (Å²) in [6, 6.07) is 7.73. The average molecular weight is 147 g/mol. The number of benzene rings is 1. The topological polar surface area (TPSA) is 17.1 Å². The van der Waals surface area contributed by atoms with Crippen LogP contribution in [-0.2, 0) is 17.6 Å². The molecule has 56 valence electrons. The van der Waals surface area contributed by atoms with Crippen molar-refractivity contribution in [2.45, 2.75) is 19.2 Å². The van der Waals surface area contributed by atoms with Crippen molar-refractivity contribution in [3.63, 3.8) is 0 Å². The molecule has 1 unspecified atom stereocenters. The molecular formula is C10H10O. The lowest BCUT2D eigenvalue weighted by Crippen LogP contribution is -2.12. The van der Waals surface area contributed by atoms with Crippen LogP contribution in [0, 0.1) is 0 Å². The SMILES string of the molecule is [2H]C1C(=O)CCc2ccccc21. The summed E-state index contributed by atoms with van der Waals surface area (Å²) in [6.45, 7) is 0. The van der Waals surface area contributed by atoms with Crippen molar-refractivity contribution in [1.82, 2.24) is 0 Å². The van der Waals surface area contributed by atoms with Crippen molar-refractivity contribution in [1.29, 1.82) is 0 Å². The third-order valence-corrected chi connectivity index (χ3v) is 2.01. The summed E-state index contributed by atoms with van der Waals surface area (Å²) >= 11 is 0. The van der Waals surface area contributed by atoms with Crippen molar-refractivity contribution in [3.8, 4) is 0 Å². The molecule has 1 heteroatoms. The number of hydrogen-bond donors (Lipinski definition) is 0. The van der Waals surface area contributed by atoms with Gasteiger partial charge in [0, 0.05) is 14.2 Å². The van der Waals surface area contributed by atoms with Gasteiger partial charge in [0.15, 0.2) is 0 Å². The molecule has 0 spiro atoms. The first-order valence-corrected chi connectivity index (χ1v) is 3.82. The van der Waals surface area contributed by atoms with Gasteiger partial charge in [-0.3, -0.25) is 4.79 Å². The van der Waals surface area contributed by atoms with Gasteiger partial charge in [0.05, 0.1) is 0 Å². The highest BCUT2D eigenvalue weighted by atomic mass is 16.1. The predicted molar refractivity (Wildman–Crippen MR) is 43.5 cm³/mol. The van der Waals surface area contributed by atoms with E-state index in [-0.39, 0.29) is 5.78 Å². The smallest absolute Gasteiger partial charge is 0.137 e. The molecule has 1 aromatic rings. The standard InChI is InChI=1S/C10H10O/c11-10-6-5-8-3-1-2-4-9(8)7-10/h1-4H,5-7H2/i7D. The number of ketones is 1. The van der Waals surface area contributed by atoms with Gasteiger partial charge in [-0.1, -0.05) is 24.3 Å². The highest BCUT2D eigenvalue weighted by Crippen LogP contribution is 2.17. The molecule has 0 amide bonds. The van der Waals surface area contributed by atoms with Gasteiger partial charge in [-0.25, -0.2) is 0 Å². The maximum absolute atomic E-state index is 11.2. The van der Waals surface area contributed by atoms with Crippen molar-refractivity contribution < 1.29 is 6.17 Å². The number of aryl methyl sites for hydroxylation is 1. The fourth-order valence-corrected chi connectivity index (χ4v) is 1.41. The summed E-state index contributed by atoms with van der Waals surface area (Å²) in [5, 5.41) is 0. The van der Waals surface area contributed by atoms with Crippen molar-refractivity contribution in [2.75, 3.05) is 0 Å². The molecule has 0 fully saturated rings. The van der Waals surface area contributed by atoms with Gasteiger partial charge in [0.25, 0.3) is 0 Å². The van der Waals surface area contributed by atoms with Gasteiger partial charge in [-0.2, -0.15) is 0 Å². The van der Waals surface area contributed by atoms with E-state index >= 15 is 0 Å². The summed E-state index contributed by atoms with van der Waals surface area (Å²) in [6.07, 6.45) is 0.713. The second-order valence-corrected chi connectivity index (χ2v) is 2.81. The molecule has 1 aliphatic carbocycles. The van der Waals surface area contributed by atoms with Gasteiger partial charge in [0.1, 0.15) is 5.78 Å². The molecule has 1 aromatic carbocycles. The van der Waals surface area contributed by atoms with E-state index in [1.807, 2.05) is 24.3 Å². The van der Waals surface area contributed by atoms with E-state index in [0.717, 1.165) is 17.5 Å². The number of rotatable bonds is 0. The van der Waals surface area contributed by atoms with Crippen molar-refractivity contribution in [3.05, 3.63) is 35.4 Å². The maximum Gasteiger partial charge on any atom is 0.137 e. The molecule has 0 aromatic heterocycles. The summed E-state index contributed by atoms with van der Waals surface area (Å²) in [5.74, 6) is 0.0497. The van der Waals surface area contributed by atoms with Crippen LogP contribution in [0.5, 0.6) is 0 Å². The first-order chi connectivity index (χ1) is 5.79. The number of carbonyl (C=O) groups is 1. The van der Waals surface area contributed by atoms with E-state index in [1.165, 1.54) is 0 Å². The fraction of sp³-hybridized carbons (Fsp3) is 0.300. The molecule has 0 saturated carbocycles. The number of fused-ring (bicyclic) bond motifs is 1. The monoisotopic (exact) mass is 147 g/mol. The lowest BCUT2D eigenvalue weighted by Gasteiger charge is -2.13. The lowest BCUT2D eigenvalue weighted by molar-refractivity contribution is -0.118. The van der Waals surface area contributed by atoms with Gasteiger partial charge in [0.2, 0.25) is 0 Å². The van der Waals surface area contributed by atoms with E-state index < -0.39 is 6.40 Å². The summed E-state index contributed by atoms with van der Waals surface area (Å²) in [5.41, 5.74) is 2.06. The highest BCUT2D eigenvalue weighted by molar-refractivity contribution is 5.83. The normalized spacial score (nSPS) is 24.2. The van der Waals surface area contributed by atoms with Gasteiger partial charge in [-0.15, -0.1) is 0 Å². The van der Waals surface area contributed by atoms with Crippen LogP contribution in [0.2, 0.25) is 0 Å². The Morgan fingerprint density at radius 3 is 2.73 bits per heavy atom. The number of carbonyl (C=O) groups excluding carboxylic acids is 1. The molecule has 0 N–H and O–H groups in total. The van der Waals surface area contributed by atoms with E-state index in [2.05, 4.69) is 0 Å². The Morgan fingerprint density at radius 2 is 1.91 bits per heavy atom. The Balaban J connectivity index is 2.48. The number of hydrogen-bond acceptors (Lipinski definition) is 1. The molecule has 0 heterocycles. The molecule has 0 saturated heterocycles. The average Bonchev–Trinajstić information content (AvgIpc) is 2.12. The first kappa shape index (κ1) is 5.53. The van der Waals surface area contributed by atoms with E-state index in [1.54, 1.807) is 0 Å². The first-order valence-electron chi connectivity index (χ1n) is 4.39. The largest absolute Gasteiger partial charge is 0.299 e. The Kier molecular flexibility index (Phi) is 1.25. The van der Waals surface area contributed by atoms with E-state index in [4.69, 9.17) is 1.37 Å². The highest BCUT2D eigenvalue weighted by Gasteiger charge is 2.13. The van der Waals surface area contributed by atoms with Crippen LogP contribution in [-0.4, -0.2) is 5.78 Å². The van der Waals surface area contributed by atoms with Crippen molar-refractivity contribution >= 4 is 5.78 Å². The molecule has 1 nitrogen and oxygen atoms in total. The maximum atomic E-state index is 11.2. The fourth-order valence-electron chi connectivity index (χ4n) is 1.41. The zero-order valence-electron chi connectivity index (χ0n) is 7.21. The van der Waals surface area contributed by atoms with Crippen LogP contribution >= 0.6 is 0 Å². The third-order valence-electron chi connectivity index (χ3n) is 2.01. The van der Waals surface area contributed by atoms with E-state index in [0.29, 0.717) is 6.42 Å². The molecule has 2 rings (SSSR count). The molecule has 0 aliphatic heterocycles. The summed E-state index contributed by atoms with van der Waals surface area (Å²) < 4.78 is 7.61. The second-order valence-electron chi connectivity index (χ2n) is 2.81. The van der Waals surface area contributed by atoms with Crippen LogP contribution in [0.25, 0.3) is 0 Å². The molecular weight excluding hydrogens is 136 g/mol.